The van der Waals surface area contributed by atoms with Crippen LogP contribution in [0.1, 0.15) is 0 Å². The Morgan fingerprint density at radius 3 is 2.64 bits per heavy atom. The molecule has 0 aliphatic carbocycles. The molecule has 25 heavy (non-hydrogen) atoms. The van der Waals surface area contributed by atoms with Gasteiger partial charge in [0.25, 0.3) is 5.55 Å². The van der Waals surface area contributed by atoms with Crippen molar-refractivity contribution in [1.82, 2.24) is 4.98 Å². The molecular weight excluding hydrogens is 360 g/mol. The van der Waals surface area contributed by atoms with Crippen molar-refractivity contribution >= 4 is 33.9 Å². The van der Waals surface area contributed by atoms with Crippen LogP contribution in [-0.4, -0.2) is 15.3 Å². The molecule has 0 aliphatic heterocycles. The van der Waals surface area contributed by atoms with Crippen LogP contribution < -0.4 is 5.55 Å². The third-order valence-electron chi connectivity index (χ3n) is 3.70. The van der Waals surface area contributed by atoms with Crippen LogP contribution in [0.2, 0.25) is 5.02 Å². The zero-order valence-electron chi connectivity index (χ0n) is 12.7. The van der Waals surface area contributed by atoms with Crippen molar-refractivity contribution in [3.05, 3.63) is 64.5 Å². The summed E-state index contributed by atoms with van der Waals surface area (Å²) in [5.41, 5.74) is 2.77. The van der Waals surface area contributed by atoms with Crippen LogP contribution in [0.3, 0.4) is 0 Å². The first kappa shape index (κ1) is 15.7. The molecule has 2 N–H and O–H groups in total. The number of hydrogen-bond donors (Lipinski definition) is 2. The van der Waals surface area contributed by atoms with Crippen molar-refractivity contribution in [3.8, 4) is 27.6 Å². The molecule has 0 aliphatic rings. The number of phenols is 1. The van der Waals surface area contributed by atoms with Gasteiger partial charge in [-0.25, -0.2) is 4.98 Å². The van der Waals surface area contributed by atoms with Gasteiger partial charge in [-0.3, -0.25) is 0 Å². The quantitative estimate of drug-likeness (QED) is 0.389. The molecule has 0 radical (unpaired) electrons. The zero-order chi connectivity index (χ0) is 17.4. The Morgan fingerprint density at radius 2 is 1.88 bits per heavy atom. The van der Waals surface area contributed by atoms with Crippen molar-refractivity contribution in [1.29, 1.82) is 0 Å². The lowest BCUT2D eigenvalue weighted by molar-refractivity contribution is 0.277. The number of aromatic hydroxyl groups is 1. The van der Waals surface area contributed by atoms with Gasteiger partial charge in [-0.2, -0.15) is 0 Å². The summed E-state index contributed by atoms with van der Waals surface area (Å²) in [6, 6.07) is 14.0. The molecule has 2 aromatic carbocycles. The Balaban J connectivity index is 1.84. The molecule has 0 bridgehead atoms. The molecule has 0 atom stereocenters. The lowest BCUT2D eigenvalue weighted by Gasteiger charge is -2.02. The third kappa shape index (κ3) is 2.97. The highest BCUT2D eigenvalue weighted by atomic mass is 35.5. The average molecular weight is 371 g/mol. The summed E-state index contributed by atoms with van der Waals surface area (Å²) in [4.78, 5) is 4.61. The standard InChI is InChI=1S/C18H11ClN2O3S/c19-12-4-1-10(2-5-12)15-9-25-18(20-15)14-7-11-3-6-13(22)8-16(11)24-17(14)21-23/h1-9,22-23H/b21-17-. The Kier molecular flexibility index (Phi) is 3.91. The Bertz CT molecular complexity index is 1130. The predicted octanol–water partition coefficient (Wildman–Crippen LogP) is 4.87. The molecular formula is C18H11ClN2O3S. The minimum Gasteiger partial charge on any atom is -0.508 e. The largest absolute Gasteiger partial charge is 0.508 e. The smallest absolute Gasteiger partial charge is 0.265 e. The minimum absolute atomic E-state index is 0.0371. The van der Waals surface area contributed by atoms with Crippen molar-refractivity contribution in [2.45, 2.75) is 0 Å². The second-order valence-electron chi connectivity index (χ2n) is 5.33. The van der Waals surface area contributed by atoms with E-state index in [1.54, 1.807) is 12.1 Å². The summed E-state index contributed by atoms with van der Waals surface area (Å²) in [5.74, 6) is 0.0761. The maximum Gasteiger partial charge on any atom is 0.265 e. The number of nitrogens with zero attached hydrogens (tertiary/aromatic N) is 2. The van der Waals surface area contributed by atoms with E-state index in [2.05, 4.69) is 10.1 Å². The van der Waals surface area contributed by atoms with Gasteiger partial charge in [0.1, 0.15) is 16.3 Å². The van der Waals surface area contributed by atoms with Gasteiger partial charge >= 0.3 is 0 Å². The van der Waals surface area contributed by atoms with E-state index < -0.39 is 0 Å². The van der Waals surface area contributed by atoms with E-state index >= 15 is 0 Å². The molecule has 4 aromatic rings. The zero-order valence-corrected chi connectivity index (χ0v) is 14.3. The molecule has 7 heteroatoms. The van der Waals surface area contributed by atoms with Crippen molar-refractivity contribution in [2.24, 2.45) is 5.16 Å². The van der Waals surface area contributed by atoms with Crippen LogP contribution in [0.25, 0.3) is 32.8 Å². The number of fused-ring (bicyclic) bond motifs is 1. The molecule has 124 valence electrons. The molecule has 0 saturated heterocycles. The first-order valence-electron chi connectivity index (χ1n) is 7.31. The molecule has 0 unspecified atom stereocenters. The normalized spacial score (nSPS) is 12.0. The SMILES string of the molecule is O/N=c1\oc2cc(O)ccc2cc1-c1nc(-c2ccc(Cl)cc2)cs1. The topological polar surface area (TPSA) is 78.9 Å². The Hall–Kier alpha value is -2.83. The van der Waals surface area contributed by atoms with Crippen LogP contribution in [-0.2, 0) is 0 Å². The Morgan fingerprint density at radius 1 is 1.08 bits per heavy atom. The van der Waals surface area contributed by atoms with Gasteiger partial charge in [0.05, 0.1) is 11.3 Å². The monoisotopic (exact) mass is 370 g/mol. The van der Waals surface area contributed by atoms with E-state index in [1.165, 1.54) is 17.4 Å². The third-order valence-corrected chi connectivity index (χ3v) is 4.83. The molecule has 0 fully saturated rings. The molecule has 0 saturated carbocycles. The van der Waals surface area contributed by atoms with Gasteiger partial charge in [-0.15, -0.1) is 11.3 Å². The van der Waals surface area contributed by atoms with Crippen LogP contribution in [0.4, 0.5) is 0 Å². The van der Waals surface area contributed by atoms with E-state index in [0.717, 1.165) is 16.6 Å². The van der Waals surface area contributed by atoms with Gasteiger partial charge in [0, 0.05) is 27.4 Å². The summed E-state index contributed by atoms with van der Waals surface area (Å²) in [7, 11) is 0. The van der Waals surface area contributed by atoms with E-state index in [-0.39, 0.29) is 11.3 Å². The summed E-state index contributed by atoms with van der Waals surface area (Å²) in [5, 5.41) is 26.1. The molecule has 4 rings (SSSR count). The lowest BCUT2D eigenvalue weighted by Crippen LogP contribution is -2.05. The number of hydrogen-bond acceptors (Lipinski definition) is 6. The second kappa shape index (κ2) is 6.23. The van der Waals surface area contributed by atoms with Gasteiger partial charge < -0.3 is 14.7 Å². The predicted molar refractivity (Wildman–Crippen MR) is 96.8 cm³/mol. The number of phenolic OH excluding ortho intramolecular Hbond substituents is 1. The molecule has 5 nitrogen and oxygen atoms in total. The fourth-order valence-corrected chi connectivity index (χ4v) is 3.45. The highest BCUT2D eigenvalue weighted by Gasteiger charge is 2.12. The summed E-state index contributed by atoms with van der Waals surface area (Å²) < 4.78 is 5.58. The fourth-order valence-electron chi connectivity index (χ4n) is 2.49. The van der Waals surface area contributed by atoms with E-state index in [9.17, 15) is 10.3 Å². The minimum atomic E-state index is 0.0371. The molecule has 0 spiro atoms. The van der Waals surface area contributed by atoms with Gasteiger partial charge in [-0.1, -0.05) is 23.7 Å². The molecule has 2 heterocycles. The van der Waals surface area contributed by atoms with E-state index in [4.69, 9.17) is 16.0 Å². The van der Waals surface area contributed by atoms with E-state index in [0.29, 0.717) is 21.2 Å². The number of rotatable bonds is 2. The van der Waals surface area contributed by atoms with Crippen LogP contribution in [0, 0.1) is 0 Å². The highest BCUT2D eigenvalue weighted by molar-refractivity contribution is 7.13. The fraction of sp³-hybridized carbons (Fsp3) is 0. The first-order chi connectivity index (χ1) is 12.1. The van der Waals surface area contributed by atoms with Gasteiger partial charge in [0.2, 0.25) is 0 Å². The van der Waals surface area contributed by atoms with E-state index in [1.807, 2.05) is 35.7 Å². The maximum absolute atomic E-state index is 9.56. The van der Waals surface area contributed by atoms with Gasteiger partial charge in [0.15, 0.2) is 0 Å². The average Bonchev–Trinajstić information content (AvgIpc) is 3.11. The van der Waals surface area contributed by atoms with Crippen LogP contribution in [0.5, 0.6) is 5.75 Å². The summed E-state index contributed by atoms with van der Waals surface area (Å²) in [6.07, 6.45) is 0. The number of halogens is 1. The van der Waals surface area contributed by atoms with Crippen LogP contribution >= 0.6 is 22.9 Å². The second-order valence-corrected chi connectivity index (χ2v) is 6.63. The van der Waals surface area contributed by atoms with Crippen LogP contribution in [0.15, 0.2) is 63.5 Å². The molecule has 2 aromatic heterocycles. The first-order valence-corrected chi connectivity index (χ1v) is 8.56. The highest BCUT2D eigenvalue weighted by Crippen LogP contribution is 2.30. The van der Waals surface area contributed by atoms with Gasteiger partial charge in [-0.05, 0) is 35.5 Å². The summed E-state index contributed by atoms with van der Waals surface area (Å²) >= 11 is 7.34. The van der Waals surface area contributed by atoms with Crippen molar-refractivity contribution in [3.63, 3.8) is 0 Å². The summed E-state index contributed by atoms with van der Waals surface area (Å²) in [6.45, 7) is 0. The lowest BCUT2D eigenvalue weighted by atomic mass is 10.1. The maximum atomic E-state index is 9.56. The number of benzene rings is 2. The van der Waals surface area contributed by atoms with Crippen molar-refractivity contribution in [2.75, 3.05) is 0 Å². The molecule has 0 amide bonds. The Labute approximate surface area is 151 Å². The van der Waals surface area contributed by atoms with Crippen molar-refractivity contribution < 1.29 is 14.7 Å². The number of thiazole rings is 1. The number of aromatic nitrogens is 1.